The van der Waals surface area contributed by atoms with E-state index in [9.17, 15) is 0 Å². The maximum atomic E-state index is 5.32. The number of nitrogens with zero attached hydrogens (tertiary/aromatic N) is 1. The molecule has 0 aliphatic heterocycles. The Morgan fingerprint density at radius 1 is 1.67 bits per heavy atom. The van der Waals surface area contributed by atoms with Gasteiger partial charge in [0, 0.05) is 5.75 Å². The van der Waals surface area contributed by atoms with Crippen LogP contribution in [0.1, 0.15) is 19.8 Å². The number of aromatic nitrogens is 1. The Morgan fingerprint density at radius 3 is 2.92 bits per heavy atom. The number of oxazole rings is 1. The topological polar surface area (TPSA) is 26.0 Å². The normalized spacial score (nSPS) is 10.6. The van der Waals surface area contributed by atoms with Gasteiger partial charge in [-0.1, -0.05) is 25.1 Å². The Balaban J connectivity index is 2.42. The third-order valence-electron chi connectivity index (χ3n) is 1.25. The predicted molar refractivity (Wildman–Crippen MR) is 62.6 cm³/mol. The second kappa shape index (κ2) is 5.49. The molecule has 0 aromatic carbocycles. The summed E-state index contributed by atoms with van der Waals surface area (Å²) < 4.78 is 6.95. The third-order valence-corrected chi connectivity index (χ3v) is 4.18. The zero-order valence-corrected chi connectivity index (χ0v) is 11.2. The van der Waals surface area contributed by atoms with Crippen LogP contribution in [0.5, 0.6) is 0 Å². The highest BCUT2D eigenvalue weighted by atomic mass is 127. The van der Waals surface area contributed by atoms with Crippen molar-refractivity contribution >= 4 is 50.3 Å². The SMILES string of the molecule is CCCCSc1nc(I)c(Br)o1. The van der Waals surface area contributed by atoms with Crippen molar-refractivity contribution in [1.82, 2.24) is 4.98 Å². The molecule has 0 amide bonds. The zero-order valence-electron chi connectivity index (χ0n) is 6.64. The van der Waals surface area contributed by atoms with E-state index in [0.29, 0.717) is 0 Å². The fourth-order valence-electron chi connectivity index (χ4n) is 0.631. The van der Waals surface area contributed by atoms with E-state index in [0.717, 1.165) is 19.3 Å². The van der Waals surface area contributed by atoms with E-state index in [-0.39, 0.29) is 0 Å². The van der Waals surface area contributed by atoms with Gasteiger partial charge in [-0.25, -0.2) is 0 Å². The second-order valence-corrected chi connectivity index (χ2v) is 5.03. The molecule has 0 aliphatic rings. The monoisotopic (exact) mass is 361 g/mol. The highest BCUT2D eigenvalue weighted by molar-refractivity contribution is 14.1. The molecule has 0 fully saturated rings. The van der Waals surface area contributed by atoms with Crippen LogP contribution in [0, 0.1) is 3.70 Å². The van der Waals surface area contributed by atoms with E-state index in [1.807, 2.05) is 0 Å². The molecule has 1 heterocycles. The van der Waals surface area contributed by atoms with Gasteiger partial charge >= 0.3 is 0 Å². The molecule has 0 saturated carbocycles. The smallest absolute Gasteiger partial charge is 0.257 e. The minimum atomic E-state index is 0.738. The summed E-state index contributed by atoms with van der Waals surface area (Å²) in [6.07, 6.45) is 2.42. The first-order valence-corrected chi connectivity index (χ1v) is 6.54. The van der Waals surface area contributed by atoms with Gasteiger partial charge in [-0.15, -0.1) is 0 Å². The molecule has 0 saturated heterocycles. The Bertz CT molecular complexity index is 234. The van der Waals surface area contributed by atoms with Crippen LogP contribution in [-0.4, -0.2) is 10.7 Å². The summed E-state index contributed by atoms with van der Waals surface area (Å²) >= 11 is 7.08. The van der Waals surface area contributed by atoms with E-state index in [1.165, 1.54) is 12.8 Å². The van der Waals surface area contributed by atoms with Gasteiger partial charge in [0.05, 0.1) is 0 Å². The van der Waals surface area contributed by atoms with Gasteiger partial charge < -0.3 is 4.42 Å². The number of thioether (sulfide) groups is 1. The average molecular weight is 362 g/mol. The van der Waals surface area contributed by atoms with E-state index in [1.54, 1.807) is 11.8 Å². The minimum absolute atomic E-state index is 0.738. The number of unbranched alkanes of at least 4 members (excludes halogenated alkanes) is 1. The van der Waals surface area contributed by atoms with E-state index < -0.39 is 0 Å². The molecule has 12 heavy (non-hydrogen) atoms. The fraction of sp³-hybridized carbons (Fsp3) is 0.571. The van der Waals surface area contributed by atoms with Gasteiger partial charge in [-0.3, -0.25) is 0 Å². The molecule has 5 heteroatoms. The number of hydrogen-bond acceptors (Lipinski definition) is 3. The molecular weight excluding hydrogens is 353 g/mol. The highest BCUT2D eigenvalue weighted by Gasteiger charge is 2.07. The highest BCUT2D eigenvalue weighted by Crippen LogP contribution is 2.26. The number of rotatable bonds is 4. The molecule has 0 spiro atoms. The largest absolute Gasteiger partial charge is 0.423 e. The molecule has 0 radical (unpaired) electrons. The van der Waals surface area contributed by atoms with Crippen LogP contribution in [0.25, 0.3) is 0 Å². The Kier molecular flexibility index (Phi) is 4.96. The van der Waals surface area contributed by atoms with Crippen molar-refractivity contribution in [2.24, 2.45) is 0 Å². The standard InChI is InChI=1S/C7H9BrINOS/c1-2-3-4-12-7-10-6(9)5(8)11-7/h2-4H2,1H3. The number of halogens is 2. The Morgan fingerprint density at radius 2 is 2.42 bits per heavy atom. The van der Waals surface area contributed by atoms with Crippen LogP contribution in [0.4, 0.5) is 0 Å². The summed E-state index contributed by atoms with van der Waals surface area (Å²) in [6.45, 7) is 2.18. The lowest BCUT2D eigenvalue weighted by atomic mass is 10.4. The van der Waals surface area contributed by atoms with Crippen molar-refractivity contribution in [1.29, 1.82) is 0 Å². The molecular formula is C7H9BrINOS. The molecule has 0 unspecified atom stereocenters. The molecule has 1 aromatic heterocycles. The molecule has 2 nitrogen and oxygen atoms in total. The first-order valence-electron chi connectivity index (χ1n) is 3.68. The van der Waals surface area contributed by atoms with Gasteiger partial charge in [-0.05, 0) is 44.9 Å². The molecule has 1 rings (SSSR count). The van der Waals surface area contributed by atoms with E-state index in [4.69, 9.17) is 4.42 Å². The van der Waals surface area contributed by atoms with Crippen LogP contribution < -0.4 is 0 Å². The van der Waals surface area contributed by atoms with Gasteiger partial charge in [0.2, 0.25) is 4.67 Å². The summed E-state index contributed by atoms with van der Waals surface area (Å²) in [5, 5.41) is 0.764. The first-order chi connectivity index (χ1) is 5.74. The summed E-state index contributed by atoms with van der Waals surface area (Å²) in [6, 6.07) is 0. The van der Waals surface area contributed by atoms with Crippen molar-refractivity contribution < 1.29 is 4.42 Å². The van der Waals surface area contributed by atoms with Gasteiger partial charge in [0.25, 0.3) is 5.22 Å². The predicted octanol–water partition coefficient (Wildman–Crippen LogP) is 3.93. The maximum absolute atomic E-state index is 5.32. The van der Waals surface area contributed by atoms with Crippen LogP contribution in [-0.2, 0) is 0 Å². The lowest BCUT2D eigenvalue weighted by Gasteiger charge is -1.91. The average Bonchev–Trinajstić information content (AvgIpc) is 2.32. The van der Waals surface area contributed by atoms with Crippen LogP contribution >= 0.6 is 50.3 Å². The van der Waals surface area contributed by atoms with Crippen molar-refractivity contribution in [2.45, 2.75) is 25.0 Å². The second-order valence-electron chi connectivity index (χ2n) is 2.25. The Hall–Kier alpha value is 0.770. The lowest BCUT2D eigenvalue weighted by Crippen LogP contribution is -1.77. The summed E-state index contributed by atoms with van der Waals surface area (Å²) in [5.74, 6) is 1.08. The summed E-state index contributed by atoms with van der Waals surface area (Å²) in [7, 11) is 0. The lowest BCUT2D eigenvalue weighted by molar-refractivity contribution is 0.434. The summed E-state index contributed by atoms with van der Waals surface area (Å²) in [5.41, 5.74) is 0. The van der Waals surface area contributed by atoms with Gasteiger partial charge in [0.15, 0.2) is 3.70 Å². The maximum Gasteiger partial charge on any atom is 0.257 e. The third kappa shape index (κ3) is 3.26. The molecule has 0 aliphatic carbocycles. The van der Waals surface area contributed by atoms with Crippen molar-refractivity contribution in [3.05, 3.63) is 8.37 Å². The van der Waals surface area contributed by atoms with Gasteiger partial charge in [-0.2, -0.15) is 4.98 Å². The minimum Gasteiger partial charge on any atom is -0.423 e. The summed E-state index contributed by atoms with van der Waals surface area (Å²) in [4.78, 5) is 4.22. The fourth-order valence-corrected chi connectivity index (χ4v) is 2.38. The molecule has 0 atom stereocenters. The van der Waals surface area contributed by atoms with E-state index >= 15 is 0 Å². The quantitative estimate of drug-likeness (QED) is 0.461. The van der Waals surface area contributed by atoms with Crippen molar-refractivity contribution in [3.8, 4) is 0 Å². The molecule has 0 N–H and O–H groups in total. The van der Waals surface area contributed by atoms with Gasteiger partial charge in [0.1, 0.15) is 0 Å². The zero-order chi connectivity index (χ0) is 8.97. The Labute approximate surface area is 98.2 Å². The number of hydrogen-bond donors (Lipinski definition) is 0. The van der Waals surface area contributed by atoms with Crippen LogP contribution in [0.15, 0.2) is 14.3 Å². The van der Waals surface area contributed by atoms with Crippen molar-refractivity contribution in [3.63, 3.8) is 0 Å². The molecule has 68 valence electrons. The molecule has 0 bridgehead atoms. The van der Waals surface area contributed by atoms with Crippen molar-refractivity contribution in [2.75, 3.05) is 5.75 Å². The van der Waals surface area contributed by atoms with Crippen LogP contribution in [0.3, 0.4) is 0 Å². The molecule has 1 aromatic rings. The van der Waals surface area contributed by atoms with E-state index in [2.05, 4.69) is 50.4 Å². The first kappa shape index (κ1) is 10.8. The van der Waals surface area contributed by atoms with Crippen LogP contribution in [0.2, 0.25) is 0 Å².